The monoisotopic (exact) mass is 325 g/mol. The van der Waals surface area contributed by atoms with Crippen LogP contribution in [-0.4, -0.2) is 40.1 Å². The number of amides is 1. The molecule has 1 aromatic carbocycles. The molecule has 4 rings (SSSR count). The Morgan fingerprint density at radius 2 is 2.17 bits per heavy atom. The first-order chi connectivity index (χ1) is 11.8. The Labute approximate surface area is 142 Å². The SMILES string of the molecule is O=C(COc1ccc2c(c1)CCC2)N1CCCC(n2ccnc2)C1. The fraction of sp³-hybridized carbons (Fsp3) is 0.474. The minimum absolute atomic E-state index is 0.0697. The summed E-state index contributed by atoms with van der Waals surface area (Å²) < 4.78 is 7.86. The number of benzene rings is 1. The van der Waals surface area contributed by atoms with Gasteiger partial charge in [0.2, 0.25) is 0 Å². The highest BCUT2D eigenvalue weighted by Crippen LogP contribution is 2.26. The quantitative estimate of drug-likeness (QED) is 0.868. The highest BCUT2D eigenvalue weighted by Gasteiger charge is 2.24. The van der Waals surface area contributed by atoms with Gasteiger partial charge in [0.25, 0.3) is 5.91 Å². The summed E-state index contributed by atoms with van der Waals surface area (Å²) in [5.41, 5.74) is 2.80. The van der Waals surface area contributed by atoms with Crippen LogP contribution < -0.4 is 4.74 Å². The maximum Gasteiger partial charge on any atom is 0.260 e. The van der Waals surface area contributed by atoms with Gasteiger partial charge in [-0.25, -0.2) is 4.98 Å². The summed E-state index contributed by atoms with van der Waals surface area (Å²) in [5, 5.41) is 0. The molecule has 126 valence electrons. The van der Waals surface area contributed by atoms with Crippen LogP contribution in [0.15, 0.2) is 36.9 Å². The van der Waals surface area contributed by atoms with Gasteiger partial charge in [0.15, 0.2) is 6.61 Å². The lowest BCUT2D eigenvalue weighted by molar-refractivity contribution is -0.135. The lowest BCUT2D eigenvalue weighted by Gasteiger charge is -2.33. The normalized spacial score (nSPS) is 20.0. The van der Waals surface area contributed by atoms with E-state index in [1.54, 1.807) is 6.20 Å². The van der Waals surface area contributed by atoms with Crippen LogP contribution in [0.25, 0.3) is 0 Å². The van der Waals surface area contributed by atoms with Crippen molar-refractivity contribution in [3.63, 3.8) is 0 Å². The zero-order valence-corrected chi connectivity index (χ0v) is 13.9. The van der Waals surface area contributed by atoms with Gasteiger partial charge >= 0.3 is 0 Å². The van der Waals surface area contributed by atoms with Crippen LogP contribution in [0, 0.1) is 0 Å². The zero-order chi connectivity index (χ0) is 16.4. The summed E-state index contributed by atoms with van der Waals surface area (Å²) in [4.78, 5) is 18.5. The van der Waals surface area contributed by atoms with Crippen molar-refractivity contribution in [3.8, 4) is 5.75 Å². The minimum atomic E-state index is 0.0697. The Balaban J connectivity index is 1.34. The molecule has 2 aliphatic rings. The Hall–Kier alpha value is -2.30. The molecule has 24 heavy (non-hydrogen) atoms. The van der Waals surface area contributed by atoms with E-state index in [0.29, 0.717) is 6.04 Å². The largest absolute Gasteiger partial charge is 0.484 e. The standard InChI is InChI=1S/C19H23N3O2/c23-19(13-24-18-7-6-15-3-1-4-16(15)11-18)21-9-2-5-17(12-21)22-10-8-20-14-22/h6-8,10-11,14,17H,1-5,9,12-13H2. The number of aryl methyl sites for hydroxylation is 2. The van der Waals surface area contributed by atoms with Gasteiger partial charge in [-0.15, -0.1) is 0 Å². The first-order valence-electron chi connectivity index (χ1n) is 8.79. The van der Waals surface area contributed by atoms with E-state index in [2.05, 4.69) is 21.7 Å². The second kappa shape index (κ2) is 6.67. The van der Waals surface area contributed by atoms with Crippen molar-refractivity contribution in [2.24, 2.45) is 0 Å². The van der Waals surface area contributed by atoms with Crippen LogP contribution in [-0.2, 0) is 17.6 Å². The lowest BCUT2D eigenvalue weighted by atomic mass is 10.1. The van der Waals surface area contributed by atoms with Crippen LogP contribution in [0.1, 0.15) is 36.4 Å². The average molecular weight is 325 g/mol. The third kappa shape index (κ3) is 3.16. The van der Waals surface area contributed by atoms with Crippen LogP contribution >= 0.6 is 0 Å². The molecule has 2 heterocycles. The fourth-order valence-corrected chi connectivity index (χ4v) is 3.78. The maximum absolute atomic E-state index is 12.5. The minimum Gasteiger partial charge on any atom is -0.484 e. The van der Waals surface area contributed by atoms with E-state index < -0.39 is 0 Å². The van der Waals surface area contributed by atoms with E-state index in [0.717, 1.165) is 44.5 Å². The molecule has 1 aliphatic carbocycles. The Morgan fingerprint density at radius 3 is 3.04 bits per heavy atom. The smallest absolute Gasteiger partial charge is 0.260 e. The van der Waals surface area contributed by atoms with Crippen LogP contribution in [0.4, 0.5) is 0 Å². The van der Waals surface area contributed by atoms with E-state index in [9.17, 15) is 4.79 Å². The summed E-state index contributed by atoms with van der Waals surface area (Å²) >= 11 is 0. The van der Waals surface area contributed by atoms with Gasteiger partial charge in [0.1, 0.15) is 5.75 Å². The number of nitrogens with zero attached hydrogens (tertiary/aromatic N) is 3. The number of ether oxygens (including phenoxy) is 1. The number of hydrogen-bond donors (Lipinski definition) is 0. The Morgan fingerprint density at radius 1 is 1.25 bits per heavy atom. The number of piperidine rings is 1. The molecular formula is C19H23N3O2. The molecule has 1 saturated heterocycles. The Bertz CT molecular complexity index is 711. The predicted octanol–water partition coefficient (Wildman–Crippen LogP) is 2.61. The number of carbonyl (C=O) groups is 1. The van der Waals surface area contributed by atoms with Crippen molar-refractivity contribution in [2.75, 3.05) is 19.7 Å². The number of fused-ring (bicyclic) bond motifs is 1. The van der Waals surface area contributed by atoms with Crippen LogP contribution in [0.5, 0.6) is 5.75 Å². The molecule has 0 bridgehead atoms. The predicted molar refractivity (Wildman–Crippen MR) is 91.0 cm³/mol. The first-order valence-corrected chi connectivity index (χ1v) is 8.79. The molecule has 5 nitrogen and oxygen atoms in total. The summed E-state index contributed by atoms with van der Waals surface area (Å²) in [7, 11) is 0. The summed E-state index contributed by atoms with van der Waals surface area (Å²) in [6, 6.07) is 6.55. The molecule has 0 saturated carbocycles. The number of rotatable bonds is 4. The van der Waals surface area contributed by atoms with Crippen LogP contribution in [0.2, 0.25) is 0 Å². The molecule has 1 aliphatic heterocycles. The van der Waals surface area contributed by atoms with Gasteiger partial charge in [-0.2, -0.15) is 0 Å². The molecule has 5 heteroatoms. The third-order valence-corrected chi connectivity index (χ3v) is 5.13. The topological polar surface area (TPSA) is 47.4 Å². The molecule has 1 unspecified atom stereocenters. The molecule has 1 amide bonds. The maximum atomic E-state index is 12.5. The second-order valence-electron chi connectivity index (χ2n) is 6.72. The van der Waals surface area contributed by atoms with Gasteiger partial charge in [0, 0.05) is 25.5 Å². The molecule has 0 spiro atoms. The van der Waals surface area contributed by atoms with Gasteiger partial charge in [-0.05, 0) is 55.4 Å². The highest BCUT2D eigenvalue weighted by molar-refractivity contribution is 5.77. The van der Waals surface area contributed by atoms with Gasteiger partial charge < -0.3 is 14.2 Å². The molecule has 2 aromatic rings. The lowest BCUT2D eigenvalue weighted by Crippen LogP contribution is -2.42. The van der Waals surface area contributed by atoms with Gasteiger partial charge in [-0.1, -0.05) is 6.07 Å². The number of hydrogen-bond acceptors (Lipinski definition) is 3. The van der Waals surface area contributed by atoms with E-state index in [1.807, 2.05) is 23.5 Å². The van der Waals surface area contributed by atoms with E-state index in [4.69, 9.17) is 4.74 Å². The Kier molecular flexibility index (Phi) is 4.24. The highest BCUT2D eigenvalue weighted by atomic mass is 16.5. The molecule has 0 N–H and O–H groups in total. The average Bonchev–Trinajstić information content (AvgIpc) is 3.30. The number of carbonyl (C=O) groups excluding carboxylic acids is 1. The second-order valence-corrected chi connectivity index (χ2v) is 6.72. The molecule has 1 aromatic heterocycles. The number of aromatic nitrogens is 2. The zero-order valence-electron chi connectivity index (χ0n) is 13.9. The van der Waals surface area contributed by atoms with Crippen molar-refractivity contribution >= 4 is 5.91 Å². The van der Waals surface area contributed by atoms with E-state index in [-0.39, 0.29) is 12.5 Å². The van der Waals surface area contributed by atoms with Crippen molar-refractivity contribution in [1.82, 2.24) is 14.5 Å². The van der Waals surface area contributed by atoms with Crippen molar-refractivity contribution in [3.05, 3.63) is 48.0 Å². The summed E-state index contributed by atoms with van der Waals surface area (Å²) in [5.74, 6) is 0.882. The van der Waals surface area contributed by atoms with E-state index in [1.165, 1.54) is 17.5 Å². The summed E-state index contributed by atoms with van der Waals surface area (Å²) in [6.45, 7) is 1.68. The van der Waals surface area contributed by atoms with Gasteiger partial charge in [0.05, 0.1) is 12.4 Å². The fourth-order valence-electron chi connectivity index (χ4n) is 3.78. The van der Waals surface area contributed by atoms with Crippen molar-refractivity contribution in [2.45, 2.75) is 38.1 Å². The van der Waals surface area contributed by atoms with Gasteiger partial charge in [-0.3, -0.25) is 4.79 Å². The molecule has 1 fully saturated rings. The molecule has 1 atom stereocenters. The van der Waals surface area contributed by atoms with E-state index >= 15 is 0 Å². The third-order valence-electron chi connectivity index (χ3n) is 5.13. The van der Waals surface area contributed by atoms with Crippen molar-refractivity contribution in [1.29, 1.82) is 0 Å². The number of imidazole rings is 1. The molecular weight excluding hydrogens is 302 g/mol. The number of likely N-dealkylation sites (tertiary alicyclic amines) is 1. The van der Waals surface area contributed by atoms with Crippen molar-refractivity contribution < 1.29 is 9.53 Å². The molecule has 0 radical (unpaired) electrons. The summed E-state index contributed by atoms with van der Waals surface area (Å²) in [6.07, 6.45) is 11.2. The van der Waals surface area contributed by atoms with Crippen LogP contribution in [0.3, 0.4) is 0 Å². The first kappa shape index (κ1) is 15.2.